The molecule has 1 rings (SSSR count). The minimum atomic E-state index is -0.0300. The number of methoxy groups -OCH3 is 1. The second-order valence-electron chi connectivity index (χ2n) is 2.83. The van der Waals surface area contributed by atoms with Crippen molar-refractivity contribution in [3.05, 3.63) is 31.2 Å². The molecule has 0 aliphatic heterocycles. The maximum absolute atomic E-state index is 11.7. The Morgan fingerprint density at radius 1 is 1.36 bits per heavy atom. The second-order valence-corrected chi connectivity index (χ2v) is 3.55. The van der Waals surface area contributed by atoms with Crippen LogP contribution in [0, 0.1) is 13.8 Å². The molecule has 1 aromatic rings. The Bertz CT molecular complexity index is 418. The second kappa shape index (κ2) is 4.63. The molecule has 0 atom stereocenters. The van der Waals surface area contributed by atoms with Crippen LogP contribution in [0.15, 0.2) is 13.3 Å². The topological polar surface area (TPSA) is 39.4 Å². The van der Waals surface area contributed by atoms with E-state index in [9.17, 15) is 4.79 Å². The van der Waals surface area contributed by atoms with Crippen molar-refractivity contribution in [2.75, 3.05) is 7.11 Å². The molecule has 1 aromatic heterocycles. The number of halogens is 1. The number of rotatable bonds is 2. The minimum absolute atomic E-state index is 0.0300. The molecule has 0 aromatic carbocycles. The summed E-state index contributed by atoms with van der Waals surface area (Å²) >= 11 is 2.07. The number of hydrogen-bond acceptors (Lipinski definition) is 3. The average Bonchev–Trinajstić information content (AvgIpc) is 2.19. The van der Waals surface area contributed by atoms with Crippen molar-refractivity contribution in [1.82, 2.24) is 0 Å². The van der Waals surface area contributed by atoms with Crippen molar-refractivity contribution in [3.8, 4) is 5.95 Å². The Hall–Kier alpha value is -0.780. The van der Waals surface area contributed by atoms with Gasteiger partial charge >= 0.3 is 0 Å². The van der Waals surface area contributed by atoms with Crippen LogP contribution in [0.2, 0.25) is 0 Å². The summed E-state index contributed by atoms with van der Waals surface area (Å²) in [5, 5.41) is 0. The first-order chi connectivity index (χ1) is 6.61. The summed E-state index contributed by atoms with van der Waals surface area (Å²) in [5.74, 6) is 0.831. The Morgan fingerprint density at radius 2 is 2.00 bits per heavy atom. The largest absolute Gasteiger partial charge is 0.468 e. The van der Waals surface area contributed by atoms with Gasteiger partial charge in [0.2, 0.25) is 0 Å². The lowest BCUT2D eigenvalue weighted by atomic mass is 10.2. The molecule has 4 heteroatoms. The lowest BCUT2D eigenvalue weighted by Crippen LogP contribution is -2.11. The van der Waals surface area contributed by atoms with Crippen LogP contribution >= 0.6 is 22.6 Å². The molecule has 0 fully saturated rings. The van der Waals surface area contributed by atoms with Gasteiger partial charge in [-0.15, -0.1) is 0 Å². The molecule has 76 valence electrons. The van der Waals surface area contributed by atoms with Crippen molar-refractivity contribution in [3.63, 3.8) is 0 Å². The van der Waals surface area contributed by atoms with Gasteiger partial charge < -0.3 is 9.15 Å². The van der Waals surface area contributed by atoms with E-state index in [2.05, 4.69) is 22.6 Å². The summed E-state index contributed by atoms with van der Waals surface area (Å²) < 4.78 is 12.1. The van der Waals surface area contributed by atoms with E-state index in [1.54, 1.807) is 24.0 Å². The van der Waals surface area contributed by atoms with Crippen LogP contribution < -0.4 is 10.2 Å². The fourth-order valence-corrected chi connectivity index (χ4v) is 1.48. The highest BCUT2D eigenvalue weighted by Crippen LogP contribution is 2.19. The summed E-state index contributed by atoms with van der Waals surface area (Å²) in [5.41, 5.74) is 1.09. The van der Waals surface area contributed by atoms with Crippen LogP contribution in [0.1, 0.15) is 16.9 Å². The van der Waals surface area contributed by atoms with Gasteiger partial charge in [-0.05, 0) is 24.0 Å². The van der Waals surface area contributed by atoms with Gasteiger partial charge in [-0.2, -0.15) is 0 Å². The molecular weight excluding hydrogens is 295 g/mol. The van der Waals surface area contributed by atoms with Gasteiger partial charge in [0.1, 0.15) is 5.76 Å². The Kier molecular flexibility index (Phi) is 3.74. The first kappa shape index (κ1) is 11.3. The summed E-state index contributed by atoms with van der Waals surface area (Å²) in [4.78, 5) is 11.7. The third-order valence-electron chi connectivity index (χ3n) is 1.96. The van der Waals surface area contributed by atoms with Crippen LogP contribution in [-0.4, -0.2) is 7.11 Å². The zero-order chi connectivity index (χ0) is 10.7. The van der Waals surface area contributed by atoms with Gasteiger partial charge in [0, 0.05) is 5.56 Å². The van der Waals surface area contributed by atoms with Crippen molar-refractivity contribution in [2.45, 2.75) is 13.8 Å². The van der Waals surface area contributed by atoms with E-state index in [4.69, 9.17) is 9.15 Å². The molecule has 0 bridgehead atoms. The van der Waals surface area contributed by atoms with Gasteiger partial charge in [0.05, 0.1) is 12.7 Å². The fraction of sp³-hybridized carbons (Fsp3) is 0.300. The van der Waals surface area contributed by atoms with E-state index in [0.29, 0.717) is 16.9 Å². The molecule has 0 saturated heterocycles. The molecular formula is C10H11IO3. The van der Waals surface area contributed by atoms with Crippen LogP contribution in [0.25, 0.3) is 6.08 Å². The highest BCUT2D eigenvalue weighted by molar-refractivity contribution is 14.1. The van der Waals surface area contributed by atoms with E-state index in [1.807, 2.05) is 0 Å². The standard InChI is InChI=1S/C10H11IO3/c1-6-8(4-5-11)14-10(13-3)7(2)9(6)12/h4-5H,1-3H3/b5-4-. The molecule has 0 aliphatic rings. The fourth-order valence-electron chi connectivity index (χ4n) is 1.15. The maximum atomic E-state index is 11.7. The molecule has 0 N–H and O–H groups in total. The number of ether oxygens (including phenoxy) is 1. The zero-order valence-corrected chi connectivity index (χ0v) is 10.4. The molecule has 1 heterocycles. The summed E-state index contributed by atoms with van der Waals surface area (Å²) in [6.45, 7) is 3.43. The lowest BCUT2D eigenvalue weighted by Gasteiger charge is -2.05. The average molecular weight is 306 g/mol. The van der Waals surface area contributed by atoms with Crippen LogP contribution in [0.4, 0.5) is 0 Å². The predicted molar refractivity (Wildman–Crippen MR) is 64.1 cm³/mol. The molecule has 0 saturated carbocycles. The first-order valence-electron chi connectivity index (χ1n) is 4.06. The third kappa shape index (κ3) is 2.00. The quantitative estimate of drug-likeness (QED) is 0.789. The molecule has 14 heavy (non-hydrogen) atoms. The van der Waals surface area contributed by atoms with Gasteiger partial charge in [-0.1, -0.05) is 22.6 Å². The molecule has 0 radical (unpaired) electrons. The Morgan fingerprint density at radius 3 is 2.50 bits per heavy atom. The van der Waals surface area contributed by atoms with Crippen molar-refractivity contribution in [1.29, 1.82) is 0 Å². The molecule has 0 unspecified atom stereocenters. The van der Waals surface area contributed by atoms with E-state index >= 15 is 0 Å². The van der Waals surface area contributed by atoms with Gasteiger partial charge in [0.25, 0.3) is 5.95 Å². The molecule has 3 nitrogen and oxygen atoms in total. The van der Waals surface area contributed by atoms with Crippen LogP contribution in [0.5, 0.6) is 5.95 Å². The maximum Gasteiger partial charge on any atom is 0.291 e. The van der Waals surface area contributed by atoms with Gasteiger partial charge in [-0.3, -0.25) is 4.79 Å². The smallest absolute Gasteiger partial charge is 0.291 e. The molecule has 0 spiro atoms. The minimum Gasteiger partial charge on any atom is -0.468 e. The summed E-state index contributed by atoms with van der Waals surface area (Å²) in [7, 11) is 1.48. The van der Waals surface area contributed by atoms with Crippen molar-refractivity contribution < 1.29 is 9.15 Å². The van der Waals surface area contributed by atoms with E-state index in [-0.39, 0.29) is 11.4 Å². The highest BCUT2D eigenvalue weighted by atomic mass is 127. The normalized spacial score (nSPS) is 10.9. The predicted octanol–water partition coefficient (Wildman–Crippen LogP) is 2.67. The number of hydrogen-bond donors (Lipinski definition) is 0. The van der Waals surface area contributed by atoms with Crippen molar-refractivity contribution in [2.24, 2.45) is 0 Å². The van der Waals surface area contributed by atoms with Gasteiger partial charge in [-0.25, -0.2) is 0 Å². The SMILES string of the molecule is COc1oc(/C=C\I)c(C)c(=O)c1C. The van der Waals surface area contributed by atoms with Crippen LogP contribution in [-0.2, 0) is 0 Å². The van der Waals surface area contributed by atoms with Gasteiger partial charge in [0.15, 0.2) is 5.43 Å². The summed E-state index contributed by atoms with van der Waals surface area (Å²) in [6, 6.07) is 0. The Balaban J connectivity index is 3.48. The van der Waals surface area contributed by atoms with Crippen LogP contribution in [0.3, 0.4) is 0 Å². The monoisotopic (exact) mass is 306 g/mol. The van der Waals surface area contributed by atoms with Crippen molar-refractivity contribution >= 4 is 28.7 Å². The van der Waals surface area contributed by atoms with E-state index in [0.717, 1.165) is 0 Å². The van der Waals surface area contributed by atoms with E-state index in [1.165, 1.54) is 7.11 Å². The zero-order valence-electron chi connectivity index (χ0n) is 8.26. The van der Waals surface area contributed by atoms with E-state index < -0.39 is 0 Å². The molecule has 0 amide bonds. The third-order valence-corrected chi connectivity index (χ3v) is 2.32. The highest BCUT2D eigenvalue weighted by Gasteiger charge is 2.11. The lowest BCUT2D eigenvalue weighted by molar-refractivity contribution is 0.289. The summed E-state index contributed by atoms with van der Waals surface area (Å²) in [6.07, 6.45) is 1.74. The Labute approximate surface area is 95.9 Å². The molecule has 0 aliphatic carbocycles. The first-order valence-corrected chi connectivity index (χ1v) is 5.31.